The van der Waals surface area contributed by atoms with Crippen LogP contribution in [0.25, 0.3) is 0 Å². The third-order valence-corrected chi connectivity index (χ3v) is 4.26. The lowest BCUT2D eigenvalue weighted by atomic mass is 9.77. The van der Waals surface area contributed by atoms with Gasteiger partial charge in [-0.3, -0.25) is 0 Å². The lowest BCUT2D eigenvalue weighted by Crippen LogP contribution is -2.37. The number of nitrogens with one attached hydrogen (secondary N) is 1. The molecule has 0 amide bonds. The summed E-state index contributed by atoms with van der Waals surface area (Å²) >= 11 is 1.73. The van der Waals surface area contributed by atoms with E-state index in [-0.39, 0.29) is 0 Å². The third kappa shape index (κ3) is 3.69. The molecule has 0 saturated carbocycles. The van der Waals surface area contributed by atoms with Gasteiger partial charge in [-0.25, -0.2) is 0 Å². The molecule has 1 aromatic heterocycles. The highest BCUT2D eigenvalue weighted by atomic mass is 32.1. The molecule has 1 aliphatic heterocycles. The minimum absolute atomic E-state index is 0.343. The second-order valence-electron chi connectivity index (χ2n) is 4.72. The Hall–Kier alpha value is -0.580. The van der Waals surface area contributed by atoms with Crippen molar-refractivity contribution in [1.29, 1.82) is 0 Å². The van der Waals surface area contributed by atoms with Gasteiger partial charge in [0.1, 0.15) is 0 Å². The van der Waals surface area contributed by atoms with E-state index in [0.29, 0.717) is 5.41 Å². The lowest BCUT2D eigenvalue weighted by Gasteiger charge is -2.37. The zero-order valence-corrected chi connectivity index (χ0v) is 11.2. The maximum atomic E-state index is 5.48. The van der Waals surface area contributed by atoms with E-state index in [1.54, 1.807) is 18.4 Å². The predicted octanol–water partition coefficient (Wildman–Crippen LogP) is 2.99. The molecule has 2 rings (SSSR count). The summed E-state index contributed by atoms with van der Waals surface area (Å²) in [5.74, 6) is 0. The predicted molar refractivity (Wildman–Crippen MR) is 71.8 cm³/mol. The number of anilines is 1. The van der Waals surface area contributed by atoms with Gasteiger partial charge in [-0.15, -0.1) is 0 Å². The highest BCUT2D eigenvalue weighted by molar-refractivity contribution is 7.08. The van der Waals surface area contributed by atoms with Gasteiger partial charge >= 0.3 is 0 Å². The molecule has 1 fully saturated rings. The van der Waals surface area contributed by atoms with Crippen LogP contribution in [0.15, 0.2) is 16.8 Å². The van der Waals surface area contributed by atoms with E-state index in [9.17, 15) is 0 Å². The Morgan fingerprint density at radius 3 is 2.94 bits per heavy atom. The molecule has 0 aliphatic carbocycles. The summed E-state index contributed by atoms with van der Waals surface area (Å²) in [6, 6.07) is 2.13. The number of ether oxygens (including phenoxy) is 2. The molecule has 1 saturated heterocycles. The van der Waals surface area contributed by atoms with Crippen LogP contribution in [0.3, 0.4) is 0 Å². The van der Waals surface area contributed by atoms with E-state index in [1.807, 2.05) is 0 Å². The van der Waals surface area contributed by atoms with Gasteiger partial charge in [-0.1, -0.05) is 0 Å². The summed E-state index contributed by atoms with van der Waals surface area (Å²) in [6.45, 7) is 3.63. The van der Waals surface area contributed by atoms with Gasteiger partial charge in [0.15, 0.2) is 0 Å². The van der Waals surface area contributed by atoms with Crippen molar-refractivity contribution in [3.05, 3.63) is 16.8 Å². The van der Waals surface area contributed by atoms with Crippen molar-refractivity contribution >= 4 is 17.0 Å². The summed E-state index contributed by atoms with van der Waals surface area (Å²) in [5, 5.41) is 7.80. The molecule has 0 radical (unpaired) electrons. The van der Waals surface area contributed by atoms with E-state index in [0.717, 1.165) is 45.6 Å². The van der Waals surface area contributed by atoms with Crippen molar-refractivity contribution in [1.82, 2.24) is 0 Å². The Bertz CT molecular complexity index is 307. The molecule has 96 valence electrons. The highest BCUT2D eigenvalue weighted by Gasteiger charge is 2.32. The SMILES string of the molecule is COCCC1(CNc2ccsc2)CCOCC1. The second kappa shape index (κ2) is 6.38. The molecule has 4 heteroatoms. The van der Waals surface area contributed by atoms with E-state index < -0.39 is 0 Å². The average molecular weight is 255 g/mol. The zero-order chi connectivity index (χ0) is 12.0. The molecular weight excluding hydrogens is 234 g/mol. The van der Waals surface area contributed by atoms with Crippen LogP contribution in [-0.2, 0) is 9.47 Å². The van der Waals surface area contributed by atoms with Gasteiger partial charge < -0.3 is 14.8 Å². The molecule has 0 unspecified atom stereocenters. The van der Waals surface area contributed by atoms with Crippen LogP contribution < -0.4 is 5.32 Å². The summed E-state index contributed by atoms with van der Waals surface area (Å²) in [4.78, 5) is 0. The Morgan fingerprint density at radius 1 is 1.47 bits per heavy atom. The molecule has 17 heavy (non-hydrogen) atoms. The number of hydrogen-bond acceptors (Lipinski definition) is 4. The lowest BCUT2D eigenvalue weighted by molar-refractivity contribution is 0.00501. The van der Waals surface area contributed by atoms with Crippen LogP contribution in [0.5, 0.6) is 0 Å². The van der Waals surface area contributed by atoms with Crippen LogP contribution >= 0.6 is 11.3 Å². The second-order valence-corrected chi connectivity index (χ2v) is 5.50. The van der Waals surface area contributed by atoms with Gasteiger partial charge in [0.05, 0.1) is 0 Å². The van der Waals surface area contributed by atoms with E-state index >= 15 is 0 Å². The fourth-order valence-electron chi connectivity index (χ4n) is 2.29. The minimum Gasteiger partial charge on any atom is -0.385 e. The number of thiophene rings is 1. The van der Waals surface area contributed by atoms with Crippen molar-refractivity contribution in [3.8, 4) is 0 Å². The van der Waals surface area contributed by atoms with Crippen LogP contribution in [-0.4, -0.2) is 33.5 Å². The van der Waals surface area contributed by atoms with Gasteiger partial charge in [0.2, 0.25) is 0 Å². The fourth-order valence-corrected chi connectivity index (χ4v) is 2.91. The van der Waals surface area contributed by atoms with Gasteiger partial charge in [0.25, 0.3) is 0 Å². The Kier molecular flexibility index (Phi) is 4.83. The van der Waals surface area contributed by atoms with Crippen molar-refractivity contribution in [3.63, 3.8) is 0 Å². The molecular formula is C13H21NO2S. The number of rotatable bonds is 6. The standard InChI is InChI=1S/C13H21NO2S/c1-15-6-3-13(4-7-16-8-5-13)11-14-12-2-9-17-10-12/h2,9-10,14H,3-8,11H2,1H3. The fraction of sp³-hybridized carbons (Fsp3) is 0.692. The Labute approximate surface area is 107 Å². The first kappa shape index (κ1) is 12.9. The summed E-state index contributed by atoms with van der Waals surface area (Å²) < 4.78 is 10.7. The van der Waals surface area contributed by atoms with Crippen molar-refractivity contribution < 1.29 is 9.47 Å². The number of methoxy groups -OCH3 is 1. The molecule has 0 bridgehead atoms. The summed E-state index contributed by atoms with van der Waals surface area (Å²) in [7, 11) is 1.78. The summed E-state index contributed by atoms with van der Waals surface area (Å²) in [5.41, 5.74) is 1.58. The third-order valence-electron chi connectivity index (χ3n) is 3.58. The van der Waals surface area contributed by atoms with Crippen molar-refractivity contribution in [2.45, 2.75) is 19.3 Å². The highest BCUT2D eigenvalue weighted by Crippen LogP contribution is 2.34. The van der Waals surface area contributed by atoms with Crippen LogP contribution in [0, 0.1) is 5.41 Å². The van der Waals surface area contributed by atoms with E-state index in [1.165, 1.54) is 5.69 Å². The molecule has 2 heterocycles. The van der Waals surface area contributed by atoms with Gasteiger partial charge in [0, 0.05) is 44.5 Å². The average Bonchev–Trinajstić information content (AvgIpc) is 2.89. The van der Waals surface area contributed by atoms with Crippen LogP contribution in [0.1, 0.15) is 19.3 Å². The monoisotopic (exact) mass is 255 g/mol. The molecule has 3 nitrogen and oxygen atoms in total. The number of hydrogen-bond donors (Lipinski definition) is 1. The molecule has 0 aromatic carbocycles. The molecule has 1 aromatic rings. The first-order chi connectivity index (χ1) is 8.35. The van der Waals surface area contributed by atoms with Gasteiger partial charge in [-0.2, -0.15) is 11.3 Å². The van der Waals surface area contributed by atoms with Crippen molar-refractivity contribution in [2.24, 2.45) is 5.41 Å². The smallest absolute Gasteiger partial charge is 0.0472 e. The van der Waals surface area contributed by atoms with E-state index in [2.05, 4.69) is 22.1 Å². The Morgan fingerprint density at radius 2 is 2.29 bits per heavy atom. The quantitative estimate of drug-likeness (QED) is 0.847. The molecule has 1 N–H and O–H groups in total. The maximum Gasteiger partial charge on any atom is 0.0472 e. The Balaban J connectivity index is 1.90. The maximum absolute atomic E-state index is 5.48. The summed E-state index contributed by atoms with van der Waals surface area (Å²) in [6.07, 6.45) is 3.38. The first-order valence-corrected chi connectivity index (χ1v) is 7.12. The van der Waals surface area contributed by atoms with E-state index in [4.69, 9.17) is 9.47 Å². The topological polar surface area (TPSA) is 30.5 Å². The first-order valence-electron chi connectivity index (χ1n) is 6.17. The largest absolute Gasteiger partial charge is 0.385 e. The zero-order valence-electron chi connectivity index (χ0n) is 10.4. The normalized spacial score (nSPS) is 19.1. The molecule has 1 aliphatic rings. The van der Waals surface area contributed by atoms with Crippen molar-refractivity contribution in [2.75, 3.05) is 38.8 Å². The van der Waals surface area contributed by atoms with Gasteiger partial charge in [-0.05, 0) is 36.1 Å². The molecule has 0 spiro atoms. The van der Waals surface area contributed by atoms with Crippen LogP contribution in [0.2, 0.25) is 0 Å². The minimum atomic E-state index is 0.343. The molecule has 0 atom stereocenters. The van der Waals surface area contributed by atoms with Crippen LogP contribution in [0.4, 0.5) is 5.69 Å².